The van der Waals surface area contributed by atoms with E-state index in [0.717, 1.165) is 6.08 Å². The van der Waals surface area contributed by atoms with Crippen molar-refractivity contribution in [2.24, 2.45) is 0 Å². The van der Waals surface area contributed by atoms with E-state index in [1.807, 2.05) is 0 Å². The average molecular weight is 400 g/mol. The average Bonchev–Trinajstić information content (AvgIpc) is 2.68. The van der Waals surface area contributed by atoms with Crippen LogP contribution in [-0.4, -0.2) is 86.6 Å². The fraction of sp³-hybridized carbons (Fsp3) is 0.500. The molecule has 0 unspecified atom stereocenters. The minimum absolute atomic E-state index is 0.295. The number of hydrogen-bond donors (Lipinski definition) is 6. The summed E-state index contributed by atoms with van der Waals surface area (Å²) in [6, 6.07) is 3.97. The van der Waals surface area contributed by atoms with Gasteiger partial charge in [0.1, 0.15) is 31.0 Å². The van der Waals surface area contributed by atoms with Gasteiger partial charge in [-0.05, 0) is 30.7 Å². The second-order valence-electron chi connectivity index (χ2n) is 6.36. The lowest BCUT2D eigenvalue weighted by atomic mass is 9.99. The molecule has 0 aromatic heterocycles. The standard InChI is InChI=1S/C18H24O10/c1-9(7-19)27-18-17(25)16(24)15(23)13(28-18)8-26-14(22)5-3-10-2-4-11(20)12(21)6-10/h2-6,9,13,15-21,23-25H,7-8H2,1H3/b5-3-/t9-,13-,15-,16+,17-,18-/m1/s1. The maximum Gasteiger partial charge on any atom is 0.330 e. The number of hydrogen-bond acceptors (Lipinski definition) is 10. The van der Waals surface area contributed by atoms with E-state index >= 15 is 0 Å². The van der Waals surface area contributed by atoms with Gasteiger partial charge in [0.25, 0.3) is 0 Å². The zero-order valence-electron chi connectivity index (χ0n) is 15.1. The van der Waals surface area contributed by atoms with E-state index in [-0.39, 0.29) is 18.1 Å². The summed E-state index contributed by atoms with van der Waals surface area (Å²) in [7, 11) is 0. The van der Waals surface area contributed by atoms with Gasteiger partial charge in [0.2, 0.25) is 0 Å². The van der Waals surface area contributed by atoms with Gasteiger partial charge in [0.15, 0.2) is 17.8 Å². The number of rotatable bonds is 7. The molecular weight excluding hydrogens is 376 g/mol. The van der Waals surface area contributed by atoms with Crippen molar-refractivity contribution in [2.75, 3.05) is 13.2 Å². The fourth-order valence-corrected chi connectivity index (χ4v) is 2.46. The molecule has 1 aromatic rings. The highest BCUT2D eigenvalue weighted by atomic mass is 16.7. The van der Waals surface area contributed by atoms with E-state index < -0.39 is 49.4 Å². The van der Waals surface area contributed by atoms with Crippen LogP contribution in [0.15, 0.2) is 24.3 Å². The number of aromatic hydroxyl groups is 2. The van der Waals surface area contributed by atoms with E-state index in [0.29, 0.717) is 5.56 Å². The molecule has 1 aliphatic rings. The topological polar surface area (TPSA) is 166 Å². The SMILES string of the molecule is C[C@H](CO)O[C@@H]1O[C@H](COC(=O)/C=C\c2ccc(O)c(O)c2)[C@@H](O)[C@H](O)[C@H]1O. The first kappa shape index (κ1) is 22.1. The molecule has 6 atom stereocenters. The van der Waals surface area contributed by atoms with Gasteiger partial charge in [-0.25, -0.2) is 4.79 Å². The predicted molar refractivity (Wildman–Crippen MR) is 94.1 cm³/mol. The van der Waals surface area contributed by atoms with Gasteiger partial charge in [-0.1, -0.05) is 6.07 Å². The van der Waals surface area contributed by atoms with E-state index in [2.05, 4.69) is 0 Å². The van der Waals surface area contributed by atoms with Crippen molar-refractivity contribution in [3.63, 3.8) is 0 Å². The smallest absolute Gasteiger partial charge is 0.330 e. The van der Waals surface area contributed by atoms with Gasteiger partial charge in [-0.3, -0.25) is 0 Å². The van der Waals surface area contributed by atoms with Crippen LogP contribution in [0.5, 0.6) is 11.5 Å². The van der Waals surface area contributed by atoms with Gasteiger partial charge in [0, 0.05) is 6.08 Å². The Morgan fingerprint density at radius 1 is 1.18 bits per heavy atom. The zero-order valence-corrected chi connectivity index (χ0v) is 15.1. The Balaban J connectivity index is 1.92. The molecule has 0 radical (unpaired) electrons. The summed E-state index contributed by atoms with van der Waals surface area (Å²) < 4.78 is 15.6. The normalized spacial score (nSPS) is 29.0. The summed E-state index contributed by atoms with van der Waals surface area (Å²) in [5.74, 6) is -1.42. The molecule has 1 saturated heterocycles. The van der Waals surface area contributed by atoms with Crippen molar-refractivity contribution >= 4 is 12.0 Å². The van der Waals surface area contributed by atoms with Crippen molar-refractivity contribution in [3.8, 4) is 11.5 Å². The summed E-state index contributed by atoms with van der Waals surface area (Å²) >= 11 is 0. The highest BCUT2D eigenvalue weighted by molar-refractivity contribution is 5.87. The van der Waals surface area contributed by atoms with Crippen LogP contribution in [0.2, 0.25) is 0 Å². The molecular formula is C18H24O10. The lowest BCUT2D eigenvalue weighted by molar-refractivity contribution is -0.311. The Kier molecular flexibility index (Phi) is 7.75. The molecule has 10 heteroatoms. The van der Waals surface area contributed by atoms with Crippen LogP contribution in [-0.2, 0) is 19.0 Å². The van der Waals surface area contributed by atoms with E-state index in [9.17, 15) is 30.3 Å². The molecule has 0 aliphatic carbocycles. The Hall–Kier alpha value is -2.21. The predicted octanol–water partition coefficient (Wildman–Crippen LogP) is -1.14. The third kappa shape index (κ3) is 5.64. The summed E-state index contributed by atoms with van der Waals surface area (Å²) in [6.45, 7) is 0.749. The Bertz CT molecular complexity index is 691. The van der Waals surface area contributed by atoms with Crippen LogP contribution in [0.25, 0.3) is 6.08 Å². The summed E-state index contributed by atoms with van der Waals surface area (Å²) in [5.41, 5.74) is 0.436. The lowest BCUT2D eigenvalue weighted by Crippen LogP contribution is -2.60. The molecule has 1 heterocycles. The van der Waals surface area contributed by atoms with Crippen molar-refractivity contribution in [3.05, 3.63) is 29.8 Å². The minimum atomic E-state index is -1.59. The van der Waals surface area contributed by atoms with Crippen LogP contribution in [0.3, 0.4) is 0 Å². The van der Waals surface area contributed by atoms with E-state index in [1.165, 1.54) is 31.2 Å². The number of carbonyl (C=O) groups is 1. The molecule has 28 heavy (non-hydrogen) atoms. The second kappa shape index (κ2) is 9.82. The minimum Gasteiger partial charge on any atom is -0.504 e. The molecule has 1 aromatic carbocycles. The number of phenolic OH excluding ortho intramolecular Hbond substituents is 2. The monoisotopic (exact) mass is 400 g/mol. The van der Waals surface area contributed by atoms with Crippen LogP contribution in [0, 0.1) is 0 Å². The number of phenols is 2. The van der Waals surface area contributed by atoms with Crippen molar-refractivity contribution < 1.29 is 49.6 Å². The quantitative estimate of drug-likeness (QED) is 0.187. The number of aliphatic hydroxyl groups excluding tert-OH is 4. The first-order valence-electron chi connectivity index (χ1n) is 8.55. The fourth-order valence-electron chi connectivity index (χ4n) is 2.46. The number of carbonyl (C=O) groups excluding carboxylic acids is 1. The molecule has 0 saturated carbocycles. The number of ether oxygens (including phenoxy) is 3. The molecule has 2 rings (SSSR count). The maximum atomic E-state index is 11.8. The van der Waals surface area contributed by atoms with Gasteiger partial charge < -0.3 is 44.8 Å². The second-order valence-corrected chi connectivity index (χ2v) is 6.36. The van der Waals surface area contributed by atoms with Gasteiger partial charge in [0.05, 0.1) is 12.7 Å². The van der Waals surface area contributed by atoms with E-state index in [1.54, 1.807) is 0 Å². The summed E-state index contributed by atoms with van der Waals surface area (Å²) in [4.78, 5) is 11.8. The highest BCUT2D eigenvalue weighted by Crippen LogP contribution is 2.26. The Labute approximate surface area is 160 Å². The highest BCUT2D eigenvalue weighted by Gasteiger charge is 2.45. The largest absolute Gasteiger partial charge is 0.504 e. The van der Waals surface area contributed by atoms with Crippen LogP contribution < -0.4 is 0 Å². The third-order valence-corrected chi connectivity index (χ3v) is 4.09. The Morgan fingerprint density at radius 3 is 2.54 bits per heavy atom. The van der Waals surface area contributed by atoms with E-state index in [4.69, 9.17) is 19.3 Å². The first-order valence-corrected chi connectivity index (χ1v) is 8.55. The maximum absolute atomic E-state index is 11.8. The van der Waals surface area contributed by atoms with Crippen LogP contribution in [0.4, 0.5) is 0 Å². The molecule has 0 amide bonds. The molecule has 0 bridgehead atoms. The molecule has 6 N–H and O–H groups in total. The first-order chi connectivity index (χ1) is 13.2. The molecule has 10 nitrogen and oxygen atoms in total. The Morgan fingerprint density at radius 2 is 1.89 bits per heavy atom. The van der Waals surface area contributed by atoms with Crippen molar-refractivity contribution in [1.29, 1.82) is 0 Å². The molecule has 0 spiro atoms. The molecule has 1 fully saturated rings. The van der Waals surface area contributed by atoms with Crippen LogP contribution in [0.1, 0.15) is 12.5 Å². The van der Waals surface area contributed by atoms with Crippen molar-refractivity contribution in [1.82, 2.24) is 0 Å². The number of esters is 1. The number of aliphatic hydroxyl groups is 4. The van der Waals surface area contributed by atoms with Gasteiger partial charge in [-0.15, -0.1) is 0 Å². The number of benzene rings is 1. The summed E-state index contributed by atoms with van der Waals surface area (Å²) in [6.07, 6.45) is -5.42. The van der Waals surface area contributed by atoms with Gasteiger partial charge in [-0.2, -0.15) is 0 Å². The molecule has 1 aliphatic heterocycles. The molecule has 156 valence electrons. The third-order valence-electron chi connectivity index (χ3n) is 4.09. The lowest BCUT2D eigenvalue weighted by Gasteiger charge is -2.40. The van der Waals surface area contributed by atoms with Gasteiger partial charge >= 0.3 is 5.97 Å². The summed E-state index contributed by atoms with van der Waals surface area (Å²) in [5, 5.41) is 57.5. The zero-order chi connectivity index (χ0) is 20.8. The van der Waals surface area contributed by atoms with Crippen LogP contribution >= 0.6 is 0 Å². The van der Waals surface area contributed by atoms with Crippen molar-refractivity contribution in [2.45, 2.75) is 43.7 Å².